The Kier molecular flexibility index (Phi) is 6.25. The molecule has 0 aliphatic carbocycles. The van der Waals surface area contributed by atoms with E-state index >= 15 is 0 Å². The maximum Gasteiger partial charge on any atom is 0.358 e. The van der Waals surface area contributed by atoms with E-state index in [0.717, 1.165) is 0 Å². The first-order valence-corrected chi connectivity index (χ1v) is 12.8. The highest BCUT2D eigenvalue weighted by atomic mass is 28.4. The third-order valence-corrected chi connectivity index (χ3v) is 3.43. The minimum absolute atomic E-state index is 0.197. The molecule has 0 aliphatic rings. The van der Waals surface area contributed by atoms with Gasteiger partial charge in [-0.3, -0.25) is 0 Å². The van der Waals surface area contributed by atoms with Crippen LogP contribution in [0.3, 0.4) is 0 Å². The summed E-state index contributed by atoms with van der Waals surface area (Å²) in [4.78, 5) is 11.7. The smallest absolute Gasteiger partial charge is 0.358 e. The van der Waals surface area contributed by atoms with Crippen LogP contribution >= 0.6 is 0 Å². The van der Waals surface area contributed by atoms with E-state index < -0.39 is 28.7 Å². The first-order chi connectivity index (χ1) is 7.96. The highest BCUT2D eigenvalue weighted by Gasteiger charge is 2.28. The zero-order valence-electron chi connectivity index (χ0n) is 12.7. The molecule has 0 saturated carbocycles. The van der Waals surface area contributed by atoms with E-state index in [1.165, 1.54) is 7.11 Å². The van der Waals surface area contributed by atoms with Crippen LogP contribution in [0.5, 0.6) is 0 Å². The number of rotatable bonds is 6. The SMILES string of the molecule is COC(=O)/C(=N/O[Si](C)(C)C)C(C)O[Si](C)(C)C. The molecule has 0 aromatic rings. The van der Waals surface area contributed by atoms with E-state index in [1.807, 2.05) is 19.6 Å². The van der Waals surface area contributed by atoms with Crippen molar-refractivity contribution in [2.24, 2.45) is 5.16 Å². The topological polar surface area (TPSA) is 57.1 Å². The number of carbonyl (C=O) groups excluding carboxylic acids is 1. The molecule has 0 fully saturated rings. The van der Waals surface area contributed by atoms with Gasteiger partial charge in [0.25, 0.3) is 8.32 Å². The largest absolute Gasteiger partial charge is 0.464 e. The van der Waals surface area contributed by atoms with Gasteiger partial charge in [0.05, 0.1) is 13.2 Å². The number of hydrogen-bond acceptors (Lipinski definition) is 5. The van der Waals surface area contributed by atoms with Gasteiger partial charge in [-0.2, -0.15) is 0 Å². The molecule has 0 aromatic heterocycles. The molecule has 7 heteroatoms. The fourth-order valence-electron chi connectivity index (χ4n) is 1.15. The summed E-state index contributed by atoms with van der Waals surface area (Å²) in [6.07, 6.45) is -0.416. The third kappa shape index (κ3) is 7.62. The van der Waals surface area contributed by atoms with Crippen LogP contribution in [-0.4, -0.2) is 41.5 Å². The minimum atomic E-state index is -1.82. The summed E-state index contributed by atoms with van der Waals surface area (Å²) in [7, 11) is -2.25. The Hall–Kier alpha value is -0.666. The van der Waals surface area contributed by atoms with Gasteiger partial charge >= 0.3 is 5.97 Å². The Labute approximate surface area is 112 Å². The van der Waals surface area contributed by atoms with Gasteiger partial charge < -0.3 is 13.7 Å². The molecule has 0 aliphatic heterocycles. The molecule has 0 saturated heterocycles. The molecular weight excluding hydrogens is 266 g/mol. The van der Waals surface area contributed by atoms with Crippen LogP contribution in [0.4, 0.5) is 0 Å². The number of carbonyl (C=O) groups is 1. The Balaban J connectivity index is 4.95. The standard InChI is InChI=1S/C11H25NO4Si2/c1-9(15-17(3,4)5)10(11(13)14-2)12-16-18(6,7)8/h9H,1-8H3/b12-10+. The van der Waals surface area contributed by atoms with Crippen molar-refractivity contribution >= 4 is 28.3 Å². The molecule has 18 heavy (non-hydrogen) atoms. The predicted octanol–water partition coefficient (Wildman–Crippen LogP) is 2.61. The van der Waals surface area contributed by atoms with Crippen LogP contribution in [0.2, 0.25) is 39.3 Å². The van der Waals surface area contributed by atoms with Gasteiger partial charge in [0.1, 0.15) is 0 Å². The maximum absolute atomic E-state index is 11.7. The lowest BCUT2D eigenvalue weighted by atomic mass is 10.2. The first-order valence-electron chi connectivity index (χ1n) is 5.98. The lowest BCUT2D eigenvalue weighted by molar-refractivity contribution is -0.133. The summed E-state index contributed by atoms with van der Waals surface area (Å²) < 4.78 is 16.0. The summed E-state index contributed by atoms with van der Waals surface area (Å²) >= 11 is 0. The zero-order valence-corrected chi connectivity index (χ0v) is 14.7. The molecule has 0 bridgehead atoms. The molecule has 1 atom stereocenters. The summed E-state index contributed by atoms with van der Waals surface area (Å²) in [5.41, 5.74) is 0.197. The second-order valence-corrected chi connectivity index (χ2v) is 14.9. The van der Waals surface area contributed by atoms with Gasteiger partial charge in [-0.25, -0.2) is 4.79 Å². The van der Waals surface area contributed by atoms with Crippen molar-refractivity contribution in [3.8, 4) is 0 Å². The Morgan fingerprint density at radius 2 is 1.56 bits per heavy atom. The fraction of sp³-hybridized carbons (Fsp3) is 0.818. The van der Waals surface area contributed by atoms with E-state index in [0.29, 0.717) is 0 Å². The van der Waals surface area contributed by atoms with Crippen LogP contribution in [0.15, 0.2) is 5.16 Å². The zero-order chi connectivity index (χ0) is 14.6. The molecule has 0 radical (unpaired) electrons. The summed E-state index contributed by atoms with van der Waals surface area (Å²) in [6.45, 7) is 13.9. The quantitative estimate of drug-likeness (QED) is 0.327. The lowest BCUT2D eigenvalue weighted by Gasteiger charge is -2.24. The number of oxime groups is 1. The van der Waals surface area contributed by atoms with Crippen molar-refractivity contribution in [2.45, 2.75) is 52.3 Å². The number of nitrogens with zero attached hydrogens (tertiary/aromatic N) is 1. The maximum atomic E-state index is 11.7. The molecule has 5 nitrogen and oxygen atoms in total. The second-order valence-electron chi connectivity index (χ2n) is 6.04. The third-order valence-electron chi connectivity index (χ3n) is 1.73. The molecule has 0 amide bonds. The van der Waals surface area contributed by atoms with Gasteiger partial charge in [0.2, 0.25) is 0 Å². The van der Waals surface area contributed by atoms with Crippen molar-refractivity contribution in [1.82, 2.24) is 0 Å². The lowest BCUT2D eigenvalue weighted by Crippen LogP contribution is -2.39. The highest BCUT2D eigenvalue weighted by Crippen LogP contribution is 2.11. The molecule has 1 unspecified atom stereocenters. The Morgan fingerprint density at radius 3 is 1.89 bits per heavy atom. The molecular formula is C11H25NO4Si2. The number of hydrogen-bond donors (Lipinski definition) is 0. The van der Waals surface area contributed by atoms with Gasteiger partial charge in [-0.05, 0) is 46.2 Å². The molecule has 0 spiro atoms. The van der Waals surface area contributed by atoms with E-state index in [2.05, 4.69) is 24.8 Å². The van der Waals surface area contributed by atoms with Crippen molar-refractivity contribution in [3.05, 3.63) is 0 Å². The summed E-state index contributed by atoms with van der Waals surface area (Å²) in [5.74, 6) is -0.501. The van der Waals surface area contributed by atoms with E-state index in [9.17, 15) is 4.79 Å². The second kappa shape index (κ2) is 6.49. The first kappa shape index (κ1) is 17.3. The number of methoxy groups -OCH3 is 1. The van der Waals surface area contributed by atoms with Crippen LogP contribution in [-0.2, 0) is 18.5 Å². The Morgan fingerprint density at radius 1 is 1.06 bits per heavy atom. The monoisotopic (exact) mass is 291 g/mol. The Bertz CT molecular complexity index is 318. The van der Waals surface area contributed by atoms with E-state index in [4.69, 9.17) is 13.7 Å². The van der Waals surface area contributed by atoms with Crippen LogP contribution in [0.25, 0.3) is 0 Å². The fourth-order valence-corrected chi connectivity index (χ4v) is 2.70. The molecule has 0 N–H and O–H groups in total. The molecule has 0 rings (SSSR count). The number of esters is 1. The summed E-state index contributed by atoms with van der Waals surface area (Å²) in [6, 6.07) is 0. The van der Waals surface area contributed by atoms with Crippen LogP contribution in [0, 0.1) is 0 Å². The average molecular weight is 291 g/mol. The van der Waals surface area contributed by atoms with Crippen molar-refractivity contribution in [2.75, 3.05) is 7.11 Å². The van der Waals surface area contributed by atoms with Crippen molar-refractivity contribution in [3.63, 3.8) is 0 Å². The van der Waals surface area contributed by atoms with E-state index in [-0.39, 0.29) is 5.71 Å². The normalized spacial score (nSPS) is 15.2. The van der Waals surface area contributed by atoms with E-state index in [1.54, 1.807) is 6.92 Å². The predicted molar refractivity (Wildman–Crippen MR) is 77.8 cm³/mol. The summed E-state index contributed by atoms with van der Waals surface area (Å²) in [5, 5.41) is 3.95. The number of ether oxygens (including phenoxy) is 1. The van der Waals surface area contributed by atoms with Gasteiger partial charge in [0, 0.05) is 0 Å². The van der Waals surface area contributed by atoms with Crippen LogP contribution in [0.1, 0.15) is 6.92 Å². The van der Waals surface area contributed by atoms with Gasteiger partial charge in [-0.15, -0.1) is 0 Å². The minimum Gasteiger partial charge on any atom is -0.464 e. The van der Waals surface area contributed by atoms with Crippen molar-refractivity contribution in [1.29, 1.82) is 0 Å². The van der Waals surface area contributed by atoms with Crippen molar-refractivity contribution < 1.29 is 18.5 Å². The molecule has 0 aromatic carbocycles. The highest BCUT2D eigenvalue weighted by molar-refractivity contribution is 6.70. The average Bonchev–Trinajstić information content (AvgIpc) is 2.12. The van der Waals surface area contributed by atoms with Gasteiger partial charge in [0.15, 0.2) is 14.0 Å². The van der Waals surface area contributed by atoms with Gasteiger partial charge in [-0.1, -0.05) is 5.16 Å². The van der Waals surface area contributed by atoms with Crippen LogP contribution < -0.4 is 0 Å². The molecule has 0 heterocycles. The molecule has 106 valence electrons.